The van der Waals surface area contributed by atoms with Gasteiger partial charge in [-0.25, -0.2) is 0 Å². The predicted molar refractivity (Wildman–Crippen MR) is 69.7 cm³/mol. The highest BCUT2D eigenvalue weighted by Crippen LogP contribution is 2.17. The molecule has 1 fully saturated rings. The summed E-state index contributed by atoms with van der Waals surface area (Å²) < 4.78 is 0. The molecule has 1 aliphatic rings. The molecule has 2 unspecified atom stereocenters. The minimum absolute atomic E-state index is 0.747. The van der Waals surface area contributed by atoms with Gasteiger partial charge in [-0.15, -0.1) is 0 Å². The van der Waals surface area contributed by atoms with Crippen molar-refractivity contribution in [3.8, 4) is 0 Å². The molecule has 0 saturated carbocycles. The second-order valence-electron chi connectivity index (χ2n) is 5.32. The Morgan fingerprint density at radius 2 is 2.19 bits per heavy atom. The summed E-state index contributed by atoms with van der Waals surface area (Å²) in [4.78, 5) is 0. The third-order valence-corrected chi connectivity index (χ3v) is 3.63. The molecule has 1 aromatic carbocycles. The van der Waals surface area contributed by atoms with Gasteiger partial charge in [-0.3, -0.25) is 0 Å². The standard InChI is InChI=1S/C15H23N/c1-12-4-3-5-14(10-12)7-9-15-8-6-13(2)11-16-15/h3-5,10,13,15-16H,6-9,11H2,1-2H3. The Morgan fingerprint density at radius 3 is 2.88 bits per heavy atom. The molecule has 1 N–H and O–H groups in total. The van der Waals surface area contributed by atoms with Gasteiger partial charge in [0.25, 0.3) is 0 Å². The molecular weight excluding hydrogens is 194 g/mol. The van der Waals surface area contributed by atoms with Gasteiger partial charge in [0, 0.05) is 6.04 Å². The van der Waals surface area contributed by atoms with Crippen molar-refractivity contribution in [2.24, 2.45) is 5.92 Å². The van der Waals surface area contributed by atoms with Crippen molar-refractivity contribution in [1.82, 2.24) is 5.32 Å². The molecule has 0 radical (unpaired) electrons. The molecule has 0 aromatic heterocycles. The zero-order valence-electron chi connectivity index (χ0n) is 10.5. The number of hydrogen-bond acceptors (Lipinski definition) is 1. The lowest BCUT2D eigenvalue weighted by atomic mass is 9.92. The van der Waals surface area contributed by atoms with Crippen LogP contribution in [-0.4, -0.2) is 12.6 Å². The fourth-order valence-corrected chi connectivity index (χ4v) is 2.51. The minimum Gasteiger partial charge on any atom is -0.314 e. The topological polar surface area (TPSA) is 12.0 Å². The van der Waals surface area contributed by atoms with Crippen LogP contribution in [0.2, 0.25) is 0 Å². The van der Waals surface area contributed by atoms with E-state index in [2.05, 4.69) is 43.4 Å². The summed E-state index contributed by atoms with van der Waals surface area (Å²) in [6, 6.07) is 9.64. The maximum absolute atomic E-state index is 3.65. The van der Waals surface area contributed by atoms with Gasteiger partial charge >= 0.3 is 0 Å². The van der Waals surface area contributed by atoms with Crippen LogP contribution in [-0.2, 0) is 6.42 Å². The molecule has 1 saturated heterocycles. The Morgan fingerprint density at radius 1 is 1.31 bits per heavy atom. The second kappa shape index (κ2) is 5.49. The number of nitrogens with one attached hydrogen (secondary N) is 1. The normalized spacial score (nSPS) is 25.6. The first-order chi connectivity index (χ1) is 7.74. The average molecular weight is 217 g/mol. The molecule has 1 heteroatoms. The summed E-state index contributed by atoms with van der Waals surface area (Å²) in [5.74, 6) is 0.871. The van der Waals surface area contributed by atoms with E-state index < -0.39 is 0 Å². The van der Waals surface area contributed by atoms with E-state index in [1.807, 2.05) is 0 Å². The van der Waals surface area contributed by atoms with Crippen LogP contribution in [0.4, 0.5) is 0 Å². The summed E-state index contributed by atoms with van der Waals surface area (Å²) >= 11 is 0. The molecule has 0 spiro atoms. The second-order valence-corrected chi connectivity index (χ2v) is 5.32. The van der Waals surface area contributed by atoms with Crippen LogP contribution < -0.4 is 5.32 Å². The zero-order chi connectivity index (χ0) is 11.4. The maximum atomic E-state index is 3.65. The lowest BCUT2D eigenvalue weighted by Crippen LogP contribution is -2.38. The minimum atomic E-state index is 0.747. The van der Waals surface area contributed by atoms with Crippen LogP contribution in [0.1, 0.15) is 37.3 Å². The van der Waals surface area contributed by atoms with Crippen molar-refractivity contribution in [2.75, 3.05) is 6.54 Å². The fraction of sp³-hybridized carbons (Fsp3) is 0.600. The highest BCUT2D eigenvalue weighted by Gasteiger charge is 2.16. The first kappa shape index (κ1) is 11.7. The number of rotatable bonds is 3. The smallest absolute Gasteiger partial charge is 0.00704 e. The van der Waals surface area contributed by atoms with E-state index in [1.54, 1.807) is 0 Å². The molecule has 1 aromatic rings. The average Bonchev–Trinajstić information content (AvgIpc) is 2.28. The van der Waals surface area contributed by atoms with Gasteiger partial charge in [-0.1, -0.05) is 36.8 Å². The first-order valence-electron chi connectivity index (χ1n) is 6.53. The van der Waals surface area contributed by atoms with Crippen molar-refractivity contribution in [3.63, 3.8) is 0 Å². The Kier molecular flexibility index (Phi) is 4.00. The third-order valence-electron chi connectivity index (χ3n) is 3.63. The first-order valence-corrected chi connectivity index (χ1v) is 6.53. The Hall–Kier alpha value is -0.820. The molecule has 2 rings (SSSR count). The highest BCUT2D eigenvalue weighted by molar-refractivity contribution is 5.22. The molecule has 1 nitrogen and oxygen atoms in total. The van der Waals surface area contributed by atoms with Gasteiger partial charge in [0.15, 0.2) is 0 Å². The summed E-state index contributed by atoms with van der Waals surface area (Å²) in [7, 11) is 0. The van der Waals surface area contributed by atoms with Crippen LogP contribution >= 0.6 is 0 Å². The molecule has 0 amide bonds. The van der Waals surface area contributed by atoms with Gasteiger partial charge in [0.1, 0.15) is 0 Å². The van der Waals surface area contributed by atoms with Crippen molar-refractivity contribution in [1.29, 1.82) is 0 Å². The van der Waals surface area contributed by atoms with Crippen molar-refractivity contribution >= 4 is 0 Å². The molecular formula is C15H23N. The van der Waals surface area contributed by atoms with Crippen LogP contribution in [0.3, 0.4) is 0 Å². The Labute approximate surface area is 99.3 Å². The van der Waals surface area contributed by atoms with E-state index in [0.29, 0.717) is 0 Å². The molecule has 88 valence electrons. The monoisotopic (exact) mass is 217 g/mol. The van der Waals surface area contributed by atoms with E-state index in [4.69, 9.17) is 0 Å². The van der Waals surface area contributed by atoms with Crippen molar-refractivity contribution in [2.45, 2.75) is 45.6 Å². The SMILES string of the molecule is Cc1cccc(CCC2CCC(C)CN2)c1. The molecule has 0 aliphatic carbocycles. The van der Waals surface area contributed by atoms with Gasteiger partial charge in [0.2, 0.25) is 0 Å². The lowest BCUT2D eigenvalue weighted by molar-refractivity contribution is 0.316. The van der Waals surface area contributed by atoms with E-state index in [9.17, 15) is 0 Å². The zero-order valence-corrected chi connectivity index (χ0v) is 10.5. The number of hydrogen-bond donors (Lipinski definition) is 1. The van der Waals surface area contributed by atoms with E-state index in [0.717, 1.165) is 12.0 Å². The lowest BCUT2D eigenvalue weighted by Gasteiger charge is -2.27. The predicted octanol–water partition coefficient (Wildman–Crippen LogP) is 3.32. The highest BCUT2D eigenvalue weighted by atomic mass is 14.9. The Balaban J connectivity index is 1.79. The molecule has 2 atom stereocenters. The summed E-state index contributed by atoms with van der Waals surface area (Å²) in [6.07, 6.45) is 5.25. The summed E-state index contributed by atoms with van der Waals surface area (Å²) in [6.45, 7) is 5.71. The number of benzene rings is 1. The van der Waals surface area contributed by atoms with E-state index in [1.165, 1.54) is 43.4 Å². The van der Waals surface area contributed by atoms with Crippen molar-refractivity contribution in [3.05, 3.63) is 35.4 Å². The summed E-state index contributed by atoms with van der Waals surface area (Å²) in [5.41, 5.74) is 2.86. The maximum Gasteiger partial charge on any atom is 0.00704 e. The van der Waals surface area contributed by atoms with Gasteiger partial charge in [-0.2, -0.15) is 0 Å². The molecule has 1 heterocycles. The van der Waals surface area contributed by atoms with E-state index in [-0.39, 0.29) is 0 Å². The van der Waals surface area contributed by atoms with Gasteiger partial charge in [0.05, 0.1) is 0 Å². The van der Waals surface area contributed by atoms with Gasteiger partial charge < -0.3 is 5.32 Å². The van der Waals surface area contributed by atoms with Crippen LogP contribution in [0.25, 0.3) is 0 Å². The van der Waals surface area contributed by atoms with Crippen LogP contribution in [0.5, 0.6) is 0 Å². The van der Waals surface area contributed by atoms with Crippen LogP contribution in [0, 0.1) is 12.8 Å². The largest absolute Gasteiger partial charge is 0.314 e. The fourth-order valence-electron chi connectivity index (χ4n) is 2.51. The van der Waals surface area contributed by atoms with Gasteiger partial charge in [-0.05, 0) is 50.6 Å². The van der Waals surface area contributed by atoms with Crippen LogP contribution in [0.15, 0.2) is 24.3 Å². The summed E-state index contributed by atoms with van der Waals surface area (Å²) in [5, 5.41) is 3.65. The number of piperidine rings is 1. The number of aryl methyl sites for hydroxylation is 2. The Bertz CT molecular complexity index is 324. The third kappa shape index (κ3) is 3.34. The van der Waals surface area contributed by atoms with Crippen molar-refractivity contribution < 1.29 is 0 Å². The quantitative estimate of drug-likeness (QED) is 0.819. The van der Waals surface area contributed by atoms with E-state index >= 15 is 0 Å². The molecule has 16 heavy (non-hydrogen) atoms. The molecule has 0 bridgehead atoms. The molecule has 1 aliphatic heterocycles.